The largest absolute Gasteiger partial charge is 0.383 e. The van der Waals surface area contributed by atoms with Gasteiger partial charge in [-0.2, -0.15) is 0 Å². The fourth-order valence-corrected chi connectivity index (χ4v) is 3.73. The van der Waals surface area contributed by atoms with Gasteiger partial charge in [-0.25, -0.2) is 0 Å². The Labute approximate surface area is 173 Å². The molecule has 1 heterocycles. The molecule has 0 unspecified atom stereocenters. The highest BCUT2D eigenvalue weighted by Gasteiger charge is 2.26. The molecule has 0 saturated carbocycles. The van der Waals surface area contributed by atoms with Gasteiger partial charge in [0, 0.05) is 41.4 Å². The van der Waals surface area contributed by atoms with Crippen molar-refractivity contribution in [1.29, 1.82) is 0 Å². The summed E-state index contributed by atoms with van der Waals surface area (Å²) in [7, 11) is 1.58. The molecular weight excluding hydrogens is 380 g/mol. The lowest BCUT2D eigenvalue weighted by Crippen LogP contribution is -2.27. The molecule has 0 fully saturated rings. The number of aryl methyl sites for hydroxylation is 1. The predicted molar refractivity (Wildman–Crippen MR) is 116 cm³/mol. The third-order valence-electron chi connectivity index (χ3n) is 5.23. The average molecular weight is 402 g/mol. The van der Waals surface area contributed by atoms with Crippen LogP contribution in [0.3, 0.4) is 0 Å². The number of Topliss-reactive ketones (excluding diaryl/α,β-unsaturated/α-hetero) is 1. The zero-order valence-corrected chi connectivity index (χ0v) is 16.7. The summed E-state index contributed by atoms with van der Waals surface area (Å²) in [5.41, 5.74) is 3.24. The van der Waals surface area contributed by atoms with Crippen molar-refractivity contribution < 1.29 is 14.3 Å². The van der Waals surface area contributed by atoms with Crippen LogP contribution in [-0.2, 0) is 11.2 Å². The minimum atomic E-state index is -0.252. The molecule has 0 bridgehead atoms. The molecular formula is C24H22N2O4. The molecule has 30 heavy (non-hydrogen) atoms. The van der Waals surface area contributed by atoms with E-state index in [9.17, 15) is 14.4 Å². The van der Waals surface area contributed by atoms with Crippen molar-refractivity contribution in [3.63, 3.8) is 0 Å². The van der Waals surface area contributed by atoms with E-state index in [1.165, 1.54) is 0 Å². The molecule has 3 aromatic rings. The van der Waals surface area contributed by atoms with Crippen LogP contribution in [0.1, 0.15) is 38.4 Å². The molecule has 2 N–H and O–H groups in total. The first-order valence-corrected chi connectivity index (χ1v) is 9.85. The number of rotatable bonds is 5. The van der Waals surface area contributed by atoms with Gasteiger partial charge in [0.15, 0.2) is 5.78 Å². The number of benzene rings is 2. The quantitative estimate of drug-likeness (QED) is 0.507. The first-order valence-electron chi connectivity index (χ1n) is 9.85. The van der Waals surface area contributed by atoms with Crippen molar-refractivity contribution in [3.8, 4) is 0 Å². The number of amides is 1. The number of para-hydroxylation sites is 1. The molecule has 0 aliphatic heterocycles. The molecule has 4 rings (SSSR count). The maximum absolute atomic E-state index is 13.1. The van der Waals surface area contributed by atoms with Gasteiger partial charge >= 0.3 is 0 Å². The molecule has 152 valence electrons. The number of hydrogen-bond acceptors (Lipinski definition) is 4. The first kappa shape index (κ1) is 19.8. The van der Waals surface area contributed by atoms with Crippen LogP contribution < -0.4 is 10.7 Å². The van der Waals surface area contributed by atoms with Crippen molar-refractivity contribution >= 4 is 28.7 Å². The number of aromatic nitrogens is 1. The lowest BCUT2D eigenvalue weighted by Gasteiger charge is -2.18. The van der Waals surface area contributed by atoms with Gasteiger partial charge < -0.3 is 15.0 Å². The molecule has 0 atom stereocenters. The van der Waals surface area contributed by atoms with Crippen LogP contribution >= 0.6 is 0 Å². The van der Waals surface area contributed by atoms with Crippen molar-refractivity contribution in [2.75, 3.05) is 20.3 Å². The van der Waals surface area contributed by atoms with E-state index in [1.807, 2.05) is 18.2 Å². The molecule has 1 aliphatic carbocycles. The average Bonchev–Trinajstić information content (AvgIpc) is 2.76. The van der Waals surface area contributed by atoms with Crippen LogP contribution in [0.4, 0.5) is 0 Å². The van der Waals surface area contributed by atoms with E-state index >= 15 is 0 Å². The van der Waals surface area contributed by atoms with Gasteiger partial charge in [-0.15, -0.1) is 0 Å². The number of carbonyl (C=O) groups is 2. The maximum Gasteiger partial charge on any atom is 0.251 e. The maximum atomic E-state index is 13.1. The lowest BCUT2D eigenvalue weighted by molar-refractivity contribution is 0.0936. The molecule has 0 spiro atoms. The Bertz CT molecular complexity index is 1220. The van der Waals surface area contributed by atoms with Crippen molar-refractivity contribution in [2.45, 2.75) is 12.8 Å². The second kappa shape index (κ2) is 8.47. The summed E-state index contributed by atoms with van der Waals surface area (Å²) < 4.78 is 4.94. The van der Waals surface area contributed by atoms with Gasteiger partial charge in [-0.3, -0.25) is 14.4 Å². The fourth-order valence-electron chi connectivity index (χ4n) is 3.73. The Balaban J connectivity index is 1.65. The number of carbonyl (C=O) groups excluding carboxylic acids is 2. The topological polar surface area (TPSA) is 88.3 Å². The van der Waals surface area contributed by atoms with E-state index in [4.69, 9.17) is 4.74 Å². The molecule has 2 aromatic carbocycles. The summed E-state index contributed by atoms with van der Waals surface area (Å²) in [5.74, 6) is -0.450. The van der Waals surface area contributed by atoms with Crippen LogP contribution in [0, 0.1) is 0 Å². The Kier molecular flexibility index (Phi) is 5.59. The van der Waals surface area contributed by atoms with Crippen LogP contribution in [0.25, 0.3) is 17.0 Å². The number of aromatic amines is 1. The molecule has 0 radical (unpaired) electrons. The van der Waals surface area contributed by atoms with Gasteiger partial charge in [-0.05, 0) is 48.7 Å². The van der Waals surface area contributed by atoms with E-state index in [1.54, 1.807) is 43.5 Å². The van der Waals surface area contributed by atoms with Crippen molar-refractivity contribution in [2.24, 2.45) is 0 Å². The normalized spacial score (nSPS) is 14.7. The smallest absolute Gasteiger partial charge is 0.251 e. The fraction of sp³-hybridized carbons (Fsp3) is 0.208. The summed E-state index contributed by atoms with van der Waals surface area (Å²) >= 11 is 0. The van der Waals surface area contributed by atoms with Gasteiger partial charge in [0.05, 0.1) is 12.2 Å². The highest BCUT2D eigenvalue weighted by Crippen LogP contribution is 2.25. The number of allylic oxidation sites excluding steroid dienone is 1. The Hall–Kier alpha value is -3.51. The van der Waals surface area contributed by atoms with Gasteiger partial charge in [0.25, 0.3) is 5.91 Å². The summed E-state index contributed by atoms with van der Waals surface area (Å²) in [4.78, 5) is 41.5. The predicted octanol–water partition coefficient (Wildman–Crippen LogP) is 3.12. The Morgan fingerprint density at radius 2 is 1.97 bits per heavy atom. The Morgan fingerprint density at radius 3 is 2.80 bits per heavy atom. The number of nitrogens with one attached hydrogen (secondary N) is 2. The molecule has 1 aromatic heterocycles. The highest BCUT2D eigenvalue weighted by molar-refractivity contribution is 6.14. The van der Waals surface area contributed by atoms with Crippen LogP contribution in [-0.4, -0.2) is 36.9 Å². The molecule has 1 amide bonds. The third kappa shape index (κ3) is 3.82. The zero-order chi connectivity index (χ0) is 21.1. The molecule has 6 nitrogen and oxygen atoms in total. The summed E-state index contributed by atoms with van der Waals surface area (Å²) in [6.07, 6.45) is 2.89. The minimum absolute atomic E-state index is 0.199. The molecule has 6 heteroatoms. The third-order valence-corrected chi connectivity index (χ3v) is 5.23. The standard InChI is InChI=1S/C24H22N2O4/c1-30-12-11-25-24(29)17-6-4-5-15(14-17)13-16-9-10-20-21(22(16)27)23(28)18-7-2-3-8-19(18)26-20/h2-8,13-14H,9-12H2,1H3,(H,25,29)(H,26,28)/b16-13+. The van der Waals surface area contributed by atoms with Crippen LogP contribution in [0.5, 0.6) is 0 Å². The second-order valence-electron chi connectivity index (χ2n) is 7.23. The zero-order valence-electron chi connectivity index (χ0n) is 16.7. The van der Waals surface area contributed by atoms with Crippen LogP contribution in [0.15, 0.2) is 58.9 Å². The van der Waals surface area contributed by atoms with E-state index < -0.39 is 0 Å². The summed E-state index contributed by atoms with van der Waals surface area (Å²) in [5, 5.41) is 3.29. The SMILES string of the molecule is COCCNC(=O)c1cccc(/C=C2\CCc3[nH]c4ccccc4c(=O)c3C2=O)c1. The Morgan fingerprint density at radius 1 is 1.13 bits per heavy atom. The van der Waals surface area contributed by atoms with Gasteiger partial charge in [0.2, 0.25) is 5.43 Å². The monoisotopic (exact) mass is 402 g/mol. The number of H-pyrrole nitrogens is 1. The van der Waals surface area contributed by atoms with Gasteiger partial charge in [0.1, 0.15) is 0 Å². The first-order chi connectivity index (χ1) is 14.6. The number of ketones is 1. The lowest BCUT2D eigenvalue weighted by atomic mass is 9.87. The number of methoxy groups -OCH3 is 1. The van der Waals surface area contributed by atoms with E-state index in [-0.39, 0.29) is 22.7 Å². The summed E-state index contributed by atoms with van der Waals surface area (Å²) in [6.45, 7) is 0.860. The second-order valence-corrected chi connectivity index (χ2v) is 7.23. The number of pyridine rings is 1. The van der Waals surface area contributed by atoms with E-state index in [0.717, 1.165) is 11.1 Å². The van der Waals surface area contributed by atoms with E-state index in [0.29, 0.717) is 48.2 Å². The summed E-state index contributed by atoms with van der Waals surface area (Å²) in [6, 6.07) is 14.3. The highest BCUT2D eigenvalue weighted by atomic mass is 16.5. The van der Waals surface area contributed by atoms with Crippen molar-refractivity contribution in [3.05, 3.63) is 86.7 Å². The van der Waals surface area contributed by atoms with Crippen molar-refractivity contribution in [1.82, 2.24) is 10.3 Å². The number of fused-ring (bicyclic) bond motifs is 2. The minimum Gasteiger partial charge on any atom is -0.383 e. The number of hydrogen-bond donors (Lipinski definition) is 2. The van der Waals surface area contributed by atoms with Crippen LogP contribution in [0.2, 0.25) is 0 Å². The van der Waals surface area contributed by atoms with Gasteiger partial charge in [-0.1, -0.05) is 24.3 Å². The number of ether oxygens (including phenoxy) is 1. The molecule has 1 aliphatic rings. The van der Waals surface area contributed by atoms with E-state index in [2.05, 4.69) is 10.3 Å². The molecule has 0 saturated heterocycles.